The number of aryl methyl sites for hydroxylation is 2. The van der Waals surface area contributed by atoms with E-state index in [1.54, 1.807) is 29.8 Å². The Morgan fingerprint density at radius 2 is 1.86 bits per heavy atom. The molecular weight excluding hydrogens is 394 g/mol. The van der Waals surface area contributed by atoms with Crippen LogP contribution in [0.5, 0.6) is 0 Å². The van der Waals surface area contributed by atoms with Crippen molar-refractivity contribution in [3.63, 3.8) is 0 Å². The number of hydrogen-bond donors (Lipinski definition) is 2. The summed E-state index contributed by atoms with van der Waals surface area (Å²) in [5.41, 5.74) is 5.84. The Hall–Kier alpha value is -2.97. The van der Waals surface area contributed by atoms with E-state index in [2.05, 4.69) is 15.2 Å². The average Bonchev–Trinajstić information content (AvgIpc) is 3.20. The van der Waals surface area contributed by atoms with Crippen molar-refractivity contribution < 1.29 is 13.2 Å². The third kappa shape index (κ3) is 4.65. The molecule has 0 aliphatic rings. The first-order valence-electron chi connectivity index (χ1n) is 8.43. The average molecular weight is 414 g/mol. The molecule has 28 heavy (non-hydrogen) atoms. The summed E-state index contributed by atoms with van der Waals surface area (Å²) >= 11 is 1.10. The molecule has 8 heteroatoms. The zero-order valence-electron chi connectivity index (χ0n) is 15.3. The minimum atomic E-state index is -3.75. The van der Waals surface area contributed by atoms with Gasteiger partial charge in [0.1, 0.15) is 4.21 Å². The molecule has 1 aromatic heterocycles. The highest BCUT2D eigenvalue weighted by Crippen LogP contribution is 2.22. The second-order valence-electron chi connectivity index (χ2n) is 6.14. The van der Waals surface area contributed by atoms with Crippen molar-refractivity contribution in [2.45, 2.75) is 18.1 Å². The molecule has 0 saturated heterocycles. The van der Waals surface area contributed by atoms with E-state index in [-0.39, 0.29) is 15.5 Å². The Balaban J connectivity index is 1.78. The van der Waals surface area contributed by atoms with Crippen LogP contribution in [0.15, 0.2) is 69.3 Å². The fourth-order valence-corrected chi connectivity index (χ4v) is 4.57. The maximum atomic E-state index is 12.5. The van der Waals surface area contributed by atoms with E-state index in [0.717, 1.165) is 28.0 Å². The lowest BCUT2D eigenvalue weighted by Crippen LogP contribution is -2.21. The molecule has 0 saturated carbocycles. The van der Waals surface area contributed by atoms with E-state index in [4.69, 9.17) is 0 Å². The van der Waals surface area contributed by atoms with Gasteiger partial charge in [-0.3, -0.25) is 9.52 Å². The molecule has 0 spiro atoms. The normalized spacial score (nSPS) is 11.5. The van der Waals surface area contributed by atoms with Crippen molar-refractivity contribution in [2.75, 3.05) is 4.72 Å². The lowest BCUT2D eigenvalue weighted by Gasteiger charge is -2.10. The number of para-hydroxylation sites is 1. The van der Waals surface area contributed by atoms with Gasteiger partial charge in [-0.2, -0.15) is 5.10 Å². The number of sulfonamides is 1. The molecule has 0 aliphatic carbocycles. The highest BCUT2D eigenvalue weighted by Gasteiger charge is 2.19. The summed E-state index contributed by atoms with van der Waals surface area (Å²) in [7, 11) is -3.75. The van der Waals surface area contributed by atoms with E-state index in [9.17, 15) is 13.2 Å². The van der Waals surface area contributed by atoms with Gasteiger partial charge in [0.05, 0.1) is 17.5 Å². The molecule has 2 aromatic carbocycles. The van der Waals surface area contributed by atoms with Crippen LogP contribution in [0.4, 0.5) is 5.69 Å². The molecule has 2 N–H and O–H groups in total. The second-order valence-corrected chi connectivity index (χ2v) is 9.00. The van der Waals surface area contributed by atoms with Crippen LogP contribution in [0.1, 0.15) is 27.0 Å². The molecule has 1 amide bonds. The van der Waals surface area contributed by atoms with Gasteiger partial charge in [-0.1, -0.05) is 42.0 Å². The number of amides is 1. The summed E-state index contributed by atoms with van der Waals surface area (Å²) < 4.78 is 27.5. The quantitative estimate of drug-likeness (QED) is 0.474. The van der Waals surface area contributed by atoms with Gasteiger partial charge in [0.25, 0.3) is 15.9 Å². The van der Waals surface area contributed by atoms with Crippen LogP contribution in [0.2, 0.25) is 0 Å². The molecule has 1 heterocycles. The van der Waals surface area contributed by atoms with Gasteiger partial charge < -0.3 is 0 Å². The molecule has 6 nitrogen and oxygen atoms in total. The number of nitrogens with zero attached hydrogens (tertiary/aromatic N) is 1. The van der Waals surface area contributed by atoms with E-state index in [1.165, 1.54) is 18.2 Å². The topological polar surface area (TPSA) is 87.6 Å². The van der Waals surface area contributed by atoms with E-state index >= 15 is 0 Å². The highest BCUT2D eigenvalue weighted by molar-refractivity contribution is 7.94. The first-order chi connectivity index (χ1) is 13.4. The van der Waals surface area contributed by atoms with E-state index in [0.29, 0.717) is 0 Å². The predicted octanol–water partition coefficient (Wildman–Crippen LogP) is 3.93. The van der Waals surface area contributed by atoms with Gasteiger partial charge in [-0.25, -0.2) is 13.8 Å². The third-order valence-corrected chi connectivity index (χ3v) is 6.74. The van der Waals surface area contributed by atoms with Gasteiger partial charge in [0.2, 0.25) is 0 Å². The summed E-state index contributed by atoms with van der Waals surface area (Å²) in [5.74, 6) is -0.508. The number of rotatable bonds is 6. The molecule has 0 atom stereocenters. The number of hydrazone groups is 1. The zero-order chi connectivity index (χ0) is 20.1. The Kier molecular flexibility index (Phi) is 5.91. The number of hydrogen-bond acceptors (Lipinski definition) is 5. The molecule has 0 bridgehead atoms. The van der Waals surface area contributed by atoms with Crippen molar-refractivity contribution in [1.82, 2.24) is 5.43 Å². The van der Waals surface area contributed by atoms with Gasteiger partial charge >= 0.3 is 0 Å². The fraction of sp³-hybridized carbons (Fsp3) is 0.100. The van der Waals surface area contributed by atoms with Crippen molar-refractivity contribution in [2.24, 2.45) is 5.10 Å². The van der Waals surface area contributed by atoms with Crippen molar-refractivity contribution >= 4 is 39.2 Å². The second kappa shape index (κ2) is 8.37. The summed E-state index contributed by atoms with van der Waals surface area (Å²) in [6, 6.07) is 15.5. The van der Waals surface area contributed by atoms with Crippen molar-refractivity contribution in [1.29, 1.82) is 0 Å². The third-order valence-electron chi connectivity index (χ3n) is 3.98. The SMILES string of the molecule is Cc1ccc(C)c(/C=N\NC(=O)c2ccccc2NS(=O)(=O)c2cccs2)c1. The molecule has 0 unspecified atom stereocenters. The molecular formula is C20H19N3O3S2. The van der Waals surface area contributed by atoms with Crippen LogP contribution in [-0.2, 0) is 10.0 Å². The van der Waals surface area contributed by atoms with Crippen molar-refractivity contribution in [3.05, 3.63) is 82.2 Å². The van der Waals surface area contributed by atoms with Crippen LogP contribution in [0.25, 0.3) is 0 Å². The van der Waals surface area contributed by atoms with E-state index in [1.807, 2.05) is 32.0 Å². The lowest BCUT2D eigenvalue weighted by molar-refractivity contribution is 0.0956. The maximum Gasteiger partial charge on any atom is 0.273 e. The molecule has 0 radical (unpaired) electrons. The molecule has 0 fully saturated rings. The first kappa shape index (κ1) is 19.8. The van der Waals surface area contributed by atoms with Gasteiger partial charge in [0, 0.05) is 0 Å². The number of carbonyl (C=O) groups is 1. The molecule has 3 rings (SSSR count). The van der Waals surface area contributed by atoms with Gasteiger partial charge in [-0.15, -0.1) is 11.3 Å². The number of thiophene rings is 1. The molecule has 0 aliphatic heterocycles. The van der Waals surface area contributed by atoms with Gasteiger partial charge in [0.15, 0.2) is 0 Å². The predicted molar refractivity (Wildman–Crippen MR) is 113 cm³/mol. The van der Waals surface area contributed by atoms with Crippen LogP contribution in [-0.4, -0.2) is 20.5 Å². The Labute approximate surface area is 168 Å². The largest absolute Gasteiger partial charge is 0.278 e. The van der Waals surface area contributed by atoms with Crippen LogP contribution < -0.4 is 10.1 Å². The smallest absolute Gasteiger partial charge is 0.273 e. The Bertz CT molecular complexity index is 1120. The van der Waals surface area contributed by atoms with Crippen LogP contribution in [0.3, 0.4) is 0 Å². The Morgan fingerprint density at radius 1 is 1.07 bits per heavy atom. The minimum Gasteiger partial charge on any atom is -0.278 e. The summed E-state index contributed by atoms with van der Waals surface area (Å²) in [4.78, 5) is 12.5. The lowest BCUT2D eigenvalue weighted by atomic mass is 10.1. The maximum absolute atomic E-state index is 12.5. The molecule has 3 aromatic rings. The summed E-state index contributed by atoms with van der Waals surface area (Å²) in [6.45, 7) is 3.93. The summed E-state index contributed by atoms with van der Waals surface area (Å²) in [6.07, 6.45) is 1.57. The molecule has 144 valence electrons. The van der Waals surface area contributed by atoms with Crippen molar-refractivity contribution in [3.8, 4) is 0 Å². The number of nitrogens with one attached hydrogen (secondary N) is 2. The Morgan fingerprint density at radius 3 is 2.61 bits per heavy atom. The highest BCUT2D eigenvalue weighted by atomic mass is 32.2. The van der Waals surface area contributed by atoms with Gasteiger partial charge in [-0.05, 0) is 48.6 Å². The van der Waals surface area contributed by atoms with Crippen LogP contribution in [0, 0.1) is 13.8 Å². The first-order valence-corrected chi connectivity index (χ1v) is 10.8. The number of carbonyl (C=O) groups excluding carboxylic acids is 1. The number of benzene rings is 2. The summed E-state index contributed by atoms with van der Waals surface area (Å²) in [5, 5.41) is 5.68. The zero-order valence-corrected chi connectivity index (χ0v) is 17.0. The van der Waals surface area contributed by atoms with Crippen LogP contribution >= 0.6 is 11.3 Å². The van der Waals surface area contributed by atoms with E-state index < -0.39 is 15.9 Å². The minimum absolute atomic E-state index is 0.177. The fourth-order valence-electron chi connectivity index (χ4n) is 2.50. The number of anilines is 1. The monoisotopic (exact) mass is 413 g/mol. The standard InChI is InChI=1S/C20H19N3O3S2/c1-14-9-10-15(2)16(12-14)13-21-22-20(24)17-6-3-4-7-18(17)23-28(25,26)19-8-5-11-27-19/h3-13,23H,1-2H3,(H,22,24)/b21-13-.